The van der Waals surface area contributed by atoms with Crippen LogP contribution >= 0.6 is 0 Å². The van der Waals surface area contributed by atoms with E-state index in [1.807, 2.05) is 6.92 Å². The van der Waals surface area contributed by atoms with E-state index in [-0.39, 0.29) is 0 Å². The van der Waals surface area contributed by atoms with Crippen LogP contribution in [0.2, 0.25) is 0 Å². The second kappa shape index (κ2) is 8.02. The molecule has 0 aromatic heterocycles. The Bertz CT molecular complexity index is 76.0. The van der Waals surface area contributed by atoms with E-state index < -0.39 is 0 Å². The summed E-state index contributed by atoms with van der Waals surface area (Å²) in [5.74, 6) is 0. The zero-order valence-electron chi connectivity index (χ0n) is 8.02. The van der Waals surface area contributed by atoms with Crippen molar-refractivity contribution >= 4 is 0 Å². The Labute approximate surface area is 70.3 Å². The molecule has 2 nitrogen and oxygen atoms in total. The minimum absolute atomic E-state index is 0.639. The van der Waals surface area contributed by atoms with Crippen molar-refractivity contribution in [3.8, 4) is 0 Å². The summed E-state index contributed by atoms with van der Waals surface area (Å²) in [6.07, 6.45) is 2.38. The summed E-state index contributed by atoms with van der Waals surface area (Å²) >= 11 is 0. The summed E-state index contributed by atoms with van der Waals surface area (Å²) in [4.78, 5) is 0. The van der Waals surface area contributed by atoms with Gasteiger partial charge in [-0.15, -0.1) is 0 Å². The van der Waals surface area contributed by atoms with Gasteiger partial charge in [0.25, 0.3) is 0 Å². The third kappa shape index (κ3) is 7.82. The van der Waals surface area contributed by atoms with Crippen LogP contribution in [-0.2, 0) is 4.74 Å². The molecule has 1 unspecified atom stereocenters. The lowest BCUT2D eigenvalue weighted by molar-refractivity contribution is 0.141. The number of ether oxygens (including phenoxy) is 1. The average Bonchev–Trinajstić information content (AvgIpc) is 1.99. The van der Waals surface area contributed by atoms with Crippen LogP contribution in [0.15, 0.2) is 0 Å². The quantitative estimate of drug-likeness (QED) is 0.572. The van der Waals surface area contributed by atoms with Crippen molar-refractivity contribution in [1.82, 2.24) is 5.32 Å². The lowest BCUT2D eigenvalue weighted by atomic mass is 10.2. The second-order valence-corrected chi connectivity index (χ2v) is 2.80. The van der Waals surface area contributed by atoms with Crippen LogP contribution < -0.4 is 5.32 Å². The minimum Gasteiger partial charge on any atom is -0.382 e. The summed E-state index contributed by atoms with van der Waals surface area (Å²) in [5.41, 5.74) is 0. The van der Waals surface area contributed by atoms with Gasteiger partial charge in [0.05, 0.1) is 0 Å². The number of hydrogen-bond acceptors (Lipinski definition) is 2. The molecule has 11 heavy (non-hydrogen) atoms. The summed E-state index contributed by atoms with van der Waals surface area (Å²) in [5, 5.41) is 3.37. The van der Waals surface area contributed by atoms with E-state index in [9.17, 15) is 0 Å². The molecule has 0 fully saturated rings. The van der Waals surface area contributed by atoms with Crippen LogP contribution in [0, 0.1) is 0 Å². The van der Waals surface area contributed by atoms with Gasteiger partial charge in [-0.2, -0.15) is 0 Å². The molecule has 0 aliphatic carbocycles. The molecule has 0 radical (unpaired) electrons. The molecule has 0 amide bonds. The monoisotopic (exact) mass is 159 g/mol. The van der Waals surface area contributed by atoms with Gasteiger partial charge >= 0.3 is 0 Å². The van der Waals surface area contributed by atoms with E-state index in [4.69, 9.17) is 4.74 Å². The summed E-state index contributed by atoms with van der Waals surface area (Å²) in [6, 6.07) is 0.639. The SMILES string of the molecule is CCNC(C)CCCOCC. The highest BCUT2D eigenvalue weighted by molar-refractivity contribution is 4.57. The number of hydrogen-bond donors (Lipinski definition) is 1. The Balaban J connectivity index is 2.97. The van der Waals surface area contributed by atoms with E-state index in [1.54, 1.807) is 0 Å². The van der Waals surface area contributed by atoms with Crippen LogP contribution in [0.3, 0.4) is 0 Å². The fourth-order valence-electron chi connectivity index (χ4n) is 1.09. The van der Waals surface area contributed by atoms with Gasteiger partial charge in [-0.3, -0.25) is 0 Å². The number of rotatable bonds is 7. The van der Waals surface area contributed by atoms with Gasteiger partial charge < -0.3 is 10.1 Å². The van der Waals surface area contributed by atoms with Gasteiger partial charge in [0, 0.05) is 19.3 Å². The standard InChI is InChI=1S/C9H21NO/c1-4-10-9(3)7-6-8-11-5-2/h9-10H,4-8H2,1-3H3. The van der Waals surface area contributed by atoms with Crippen LogP contribution in [-0.4, -0.2) is 25.8 Å². The summed E-state index contributed by atoms with van der Waals surface area (Å²) in [7, 11) is 0. The summed E-state index contributed by atoms with van der Waals surface area (Å²) < 4.78 is 5.23. The molecule has 0 saturated heterocycles. The first-order valence-electron chi connectivity index (χ1n) is 4.62. The van der Waals surface area contributed by atoms with Gasteiger partial charge in [0.2, 0.25) is 0 Å². The van der Waals surface area contributed by atoms with E-state index in [1.165, 1.54) is 12.8 Å². The smallest absolute Gasteiger partial charge is 0.0466 e. The largest absolute Gasteiger partial charge is 0.382 e. The van der Waals surface area contributed by atoms with Crippen LogP contribution in [0.5, 0.6) is 0 Å². The Morgan fingerprint density at radius 3 is 2.64 bits per heavy atom. The van der Waals surface area contributed by atoms with Crippen LogP contribution in [0.25, 0.3) is 0 Å². The molecule has 0 aromatic rings. The second-order valence-electron chi connectivity index (χ2n) is 2.80. The lowest BCUT2D eigenvalue weighted by Gasteiger charge is -2.11. The third-order valence-corrected chi connectivity index (χ3v) is 1.68. The Hall–Kier alpha value is -0.0800. The van der Waals surface area contributed by atoms with Gasteiger partial charge in [-0.05, 0) is 33.2 Å². The van der Waals surface area contributed by atoms with Crippen molar-refractivity contribution in [3.63, 3.8) is 0 Å². The van der Waals surface area contributed by atoms with Crippen molar-refractivity contribution in [2.75, 3.05) is 19.8 Å². The first kappa shape index (κ1) is 10.9. The first-order valence-corrected chi connectivity index (χ1v) is 4.62. The van der Waals surface area contributed by atoms with Crippen molar-refractivity contribution in [2.45, 2.75) is 39.7 Å². The van der Waals surface area contributed by atoms with Crippen molar-refractivity contribution in [3.05, 3.63) is 0 Å². The van der Waals surface area contributed by atoms with Crippen LogP contribution in [0.4, 0.5) is 0 Å². The molecular formula is C9H21NO. The maximum absolute atomic E-state index is 5.23. The first-order chi connectivity index (χ1) is 5.31. The molecular weight excluding hydrogens is 138 g/mol. The predicted molar refractivity (Wildman–Crippen MR) is 48.9 cm³/mol. The minimum atomic E-state index is 0.639. The molecule has 1 N–H and O–H groups in total. The Morgan fingerprint density at radius 2 is 2.09 bits per heavy atom. The van der Waals surface area contributed by atoms with E-state index in [0.717, 1.165) is 19.8 Å². The lowest BCUT2D eigenvalue weighted by Crippen LogP contribution is -2.25. The zero-order chi connectivity index (χ0) is 8.53. The van der Waals surface area contributed by atoms with Crippen LogP contribution in [0.1, 0.15) is 33.6 Å². The molecule has 2 heteroatoms. The molecule has 1 atom stereocenters. The molecule has 0 saturated carbocycles. The van der Waals surface area contributed by atoms with Crippen molar-refractivity contribution in [1.29, 1.82) is 0 Å². The summed E-state index contributed by atoms with van der Waals surface area (Å²) in [6.45, 7) is 9.21. The maximum atomic E-state index is 5.23. The normalized spacial score (nSPS) is 13.4. The van der Waals surface area contributed by atoms with Gasteiger partial charge in [0.15, 0.2) is 0 Å². The maximum Gasteiger partial charge on any atom is 0.0466 e. The molecule has 0 spiro atoms. The molecule has 0 heterocycles. The highest BCUT2D eigenvalue weighted by Crippen LogP contribution is 1.95. The average molecular weight is 159 g/mol. The molecule has 68 valence electrons. The van der Waals surface area contributed by atoms with Crippen molar-refractivity contribution < 1.29 is 4.74 Å². The zero-order valence-corrected chi connectivity index (χ0v) is 8.02. The van der Waals surface area contributed by atoms with E-state index >= 15 is 0 Å². The van der Waals surface area contributed by atoms with Crippen molar-refractivity contribution in [2.24, 2.45) is 0 Å². The topological polar surface area (TPSA) is 21.3 Å². The van der Waals surface area contributed by atoms with Gasteiger partial charge in [0.1, 0.15) is 0 Å². The molecule has 0 aliphatic rings. The molecule has 0 aromatic carbocycles. The highest BCUT2D eigenvalue weighted by atomic mass is 16.5. The molecule has 0 rings (SSSR count). The van der Waals surface area contributed by atoms with E-state index in [0.29, 0.717) is 6.04 Å². The third-order valence-electron chi connectivity index (χ3n) is 1.68. The van der Waals surface area contributed by atoms with Gasteiger partial charge in [-0.25, -0.2) is 0 Å². The highest BCUT2D eigenvalue weighted by Gasteiger charge is 1.97. The van der Waals surface area contributed by atoms with E-state index in [2.05, 4.69) is 19.2 Å². The fraction of sp³-hybridized carbons (Fsp3) is 1.00. The molecule has 0 aliphatic heterocycles. The van der Waals surface area contributed by atoms with Gasteiger partial charge in [-0.1, -0.05) is 6.92 Å². The fourth-order valence-corrected chi connectivity index (χ4v) is 1.09. The predicted octanol–water partition coefficient (Wildman–Crippen LogP) is 1.80. The number of nitrogens with one attached hydrogen (secondary N) is 1. The molecule has 0 bridgehead atoms. The Morgan fingerprint density at radius 1 is 1.36 bits per heavy atom. The Kier molecular flexibility index (Phi) is 7.96.